The third-order valence-corrected chi connectivity index (χ3v) is 4.06. The monoisotopic (exact) mass is 371 g/mol. The summed E-state index contributed by atoms with van der Waals surface area (Å²) in [6.45, 7) is 5.49. The summed E-state index contributed by atoms with van der Waals surface area (Å²) in [4.78, 5) is 37.9. The number of benzene rings is 1. The highest BCUT2D eigenvalue weighted by Crippen LogP contribution is 2.13. The SMILES string of the molecule is CCN(CC)C(=O)c1cccc(NC(=O)CCCNC(=O)c2ccco2)c1. The maximum absolute atomic E-state index is 12.4. The van der Waals surface area contributed by atoms with E-state index in [0.29, 0.717) is 37.3 Å². The van der Waals surface area contributed by atoms with Crippen molar-refractivity contribution in [1.82, 2.24) is 10.2 Å². The van der Waals surface area contributed by atoms with Gasteiger partial charge in [-0.2, -0.15) is 0 Å². The summed E-state index contributed by atoms with van der Waals surface area (Å²) >= 11 is 0. The van der Waals surface area contributed by atoms with E-state index in [2.05, 4.69) is 10.6 Å². The zero-order valence-electron chi connectivity index (χ0n) is 15.7. The van der Waals surface area contributed by atoms with Crippen molar-refractivity contribution in [2.24, 2.45) is 0 Å². The lowest BCUT2D eigenvalue weighted by atomic mass is 10.1. The van der Waals surface area contributed by atoms with Crippen molar-refractivity contribution in [2.75, 3.05) is 25.0 Å². The quantitative estimate of drug-likeness (QED) is 0.663. The van der Waals surface area contributed by atoms with E-state index in [4.69, 9.17) is 4.42 Å². The molecule has 0 saturated heterocycles. The molecule has 2 rings (SSSR count). The number of hydrogen-bond donors (Lipinski definition) is 2. The summed E-state index contributed by atoms with van der Waals surface area (Å²) in [5.41, 5.74) is 1.12. The fourth-order valence-electron chi connectivity index (χ4n) is 2.59. The van der Waals surface area contributed by atoms with Gasteiger partial charge in [0.1, 0.15) is 0 Å². The van der Waals surface area contributed by atoms with Crippen LogP contribution >= 0.6 is 0 Å². The van der Waals surface area contributed by atoms with Crippen LogP contribution in [-0.2, 0) is 4.79 Å². The fraction of sp³-hybridized carbons (Fsp3) is 0.350. The average Bonchev–Trinajstić information content (AvgIpc) is 3.21. The summed E-state index contributed by atoms with van der Waals surface area (Å²) in [7, 11) is 0. The van der Waals surface area contributed by atoms with Gasteiger partial charge in [0.15, 0.2) is 5.76 Å². The van der Waals surface area contributed by atoms with E-state index in [0.717, 1.165) is 0 Å². The highest BCUT2D eigenvalue weighted by atomic mass is 16.3. The Morgan fingerprint density at radius 2 is 1.85 bits per heavy atom. The zero-order valence-corrected chi connectivity index (χ0v) is 15.7. The van der Waals surface area contributed by atoms with Crippen LogP contribution in [0.3, 0.4) is 0 Å². The van der Waals surface area contributed by atoms with Crippen molar-refractivity contribution >= 4 is 23.4 Å². The van der Waals surface area contributed by atoms with E-state index >= 15 is 0 Å². The van der Waals surface area contributed by atoms with Gasteiger partial charge in [-0.15, -0.1) is 0 Å². The Labute approximate surface area is 158 Å². The minimum atomic E-state index is -0.303. The van der Waals surface area contributed by atoms with Gasteiger partial charge >= 0.3 is 0 Å². The molecule has 0 fully saturated rings. The fourth-order valence-corrected chi connectivity index (χ4v) is 2.59. The molecular weight excluding hydrogens is 346 g/mol. The van der Waals surface area contributed by atoms with Gasteiger partial charge in [-0.25, -0.2) is 0 Å². The molecule has 0 unspecified atom stereocenters. The molecule has 7 nitrogen and oxygen atoms in total. The van der Waals surface area contributed by atoms with Gasteiger partial charge in [0.25, 0.3) is 11.8 Å². The van der Waals surface area contributed by atoms with Crippen molar-refractivity contribution in [3.8, 4) is 0 Å². The van der Waals surface area contributed by atoms with Crippen molar-refractivity contribution < 1.29 is 18.8 Å². The second-order valence-corrected chi connectivity index (χ2v) is 5.94. The molecule has 1 aromatic carbocycles. The van der Waals surface area contributed by atoms with Gasteiger partial charge in [0.05, 0.1) is 6.26 Å². The lowest BCUT2D eigenvalue weighted by molar-refractivity contribution is -0.116. The van der Waals surface area contributed by atoms with Crippen LogP contribution in [0.5, 0.6) is 0 Å². The van der Waals surface area contributed by atoms with Crippen molar-refractivity contribution in [3.05, 3.63) is 54.0 Å². The first-order valence-corrected chi connectivity index (χ1v) is 9.06. The minimum absolute atomic E-state index is 0.0586. The van der Waals surface area contributed by atoms with E-state index in [1.807, 2.05) is 13.8 Å². The Morgan fingerprint density at radius 1 is 1.07 bits per heavy atom. The maximum atomic E-state index is 12.4. The second kappa shape index (κ2) is 10.2. The van der Waals surface area contributed by atoms with E-state index in [9.17, 15) is 14.4 Å². The summed E-state index contributed by atoms with van der Waals surface area (Å²) in [6, 6.07) is 10.1. The normalized spacial score (nSPS) is 10.3. The number of nitrogens with one attached hydrogen (secondary N) is 2. The third-order valence-electron chi connectivity index (χ3n) is 4.06. The van der Waals surface area contributed by atoms with Crippen LogP contribution in [0.25, 0.3) is 0 Å². The minimum Gasteiger partial charge on any atom is -0.459 e. The van der Waals surface area contributed by atoms with Crippen molar-refractivity contribution in [3.63, 3.8) is 0 Å². The standard InChI is InChI=1S/C20H25N3O4/c1-3-23(4-2)20(26)15-8-5-9-16(14-15)22-18(24)11-6-12-21-19(25)17-10-7-13-27-17/h5,7-10,13-14H,3-4,6,11-12H2,1-2H3,(H,21,25)(H,22,24). The van der Waals surface area contributed by atoms with Crippen molar-refractivity contribution in [1.29, 1.82) is 0 Å². The predicted octanol–water partition coefficient (Wildman–Crippen LogP) is 2.91. The molecule has 0 atom stereocenters. The van der Waals surface area contributed by atoms with E-state index in [1.54, 1.807) is 41.3 Å². The molecule has 1 heterocycles. The van der Waals surface area contributed by atoms with Gasteiger partial charge < -0.3 is 20.0 Å². The number of carbonyl (C=O) groups excluding carboxylic acids is 3. The van der Waals surface area contributed by atoms with Gasteiger partial charge in [-0.05, 0) is 50.6 Å². The zero-order chi connectivity index (χ0) is 19.6. The predicted molar refractivity (Wildman–Crippen MR) is 103 cm³/mol. The molecule has 0 radical (unpaired) electrons. The van der Waals surface area contributed by atoms with Crippen LogP contribution < -0.4 is 10.6 Å². The lowest BCUT2D eigenvalue weighted by Gasteiger charge is -2.19. The summed E-state index contributed by atoms with van der Waals surface area (Å²) in [5, 5.41) is 5.48. The molecule has 2 aromatic rings. The Morgan fingerprint density at radius 3 is 2.52 bits per heavy atom. The third kappa shape index (κ3) is 5.99. The van der Waals surface area contributed by atoms with Crippen molar-refractivity contribution in [2.45, 2.75) is 26.7 Å². The highest BCUT2D eigenvalue weighted by Gasteiger charge is 2.13. The van der Waals surface area contributed by atoms with Crippen LogP contribution in [-0.4, -0.2) is 42.3 Å². The average molecular weight is 371 g/mol. The van der Waals surface area contributed by atoms with E-state index < -0.39 is 0 Å². The first-order valence-electron chi connectivity index (χ1n) is 9.06. The summed E-state index contributed by atoms with van der Waals surface area (Å²) in [5.74, 6) is -0.288. The molecular formula is C20H25N3O4. The largest absolute Gasteiger partial charge is 0.459 e. The molecule has 1 aromatic heterocycles. The van der Waals surface area contributed by atoms with Crippen LogP contribution in [0.15, 0.2) is 47.1 Å². The Balaban J connectivity index is 1.79. The van der Waals surface area contributed by atoms with Gasteiger partial charge in [-0.3, -0.25) is 14.4 Å². The number of nitrogens with zero attached hydrogens (tertiary/aromatic N) is 1. The first-order chi connectivity index (χ1) is 13.0. The number of rotatable bonds is 9. The highest BCUT2D eigenvalue weighted by molar-refractivity contribution is 5.97. The topological polar surface area (TPSA) is 91.7 Å². The smallest absolute Gasteiger partial charge is 0.286 e. The molecule has 2 N–H and O–H groups in total. The molecule has 0 aliphatic carbocycles. The number of anilines is 1. The first kappa shape index (κ1) is 20.2. The molecule has 27 heavy (non-hydrogen) atoms. The molecule has 7 heteroatoms. The molecule has 3 amide bonds. The van der Waals surface area contributed by atoms with Crippen LogP contribution in [0, 0.1) is 0 Å². The summed E-state index contributed by atoms with van der Waals surface area (Å²) < 4.78 is 4.99. The van der Waals surface area contributed by atoms with Gasteiger partial charge in [0.2, 0.25) is 5.91 Å². The van der Waals surface area contributed by atoms with Gasteiger partial charge in [0, 0.05) is 37.3 Å². The lowest BCUT2D eigenvalue weighted by Crippen LogP contribution is -2.30. The molecule has 0 spiro atoms. The Hall–Kier alpha value is -3.09. The molecule has 0 aliphatic rings. The number of amides is 3. The maximum Gasteiger partial charge on any atom is 0.286 e. The second-order valence-electron chi connectivity index (χ2n) is 5.94. The van der Waals surface area contributed by atoms with Crippen LogP contribution in [0.1, 0.15) is 47.6 Å². The Bertz CT molecular complexity index is 767. The number of hydrogen-bond acceptors (Lipinski definition) is 4. The van der Waals surface area contributed by atoms with E-state index in [-0.39, 0.29) is 29.9 Å². The summed E-state index contributed by atoms with van der Waals surface area (Å²) in [6.07, 6.45) is 2.18. The molecule has 0 aliphatic heterocycles. The van der Waals surface area contributed by atoms with Crippen LogP contribution in [0.2, 0.25) is 0 Å². The molecule has 0 bridgehead atoms. The van der Waals surface area contributed by atoms with Gasteiger partial charge in [-0.1, -0.05) is 6.07 Å². The van der Waals surface area contributed by atoms with E-state index in [1.165, 1.54) is 6.26 Å². The number of carbonyl (C=O) groups is 3. The van der Waals surface area contributed by atoms with Crippen LogP contribution in [0.4, 0.5) is 5.69 Å². The molecule has 144 valence electrons. The number of furan rings is 1. The molecule has 0 saturated carbocycles. The Kier molecular flexibility index (Phi) is 7.61.